The molecule has 4 N–H and O–H groups in total. The largest absolute Gasteiger partial charge is 0.472 e. The van der Waals surface area contributed by atoms with Crippen molar-refractivity contribution in [2.45, 2.75) is 296 Å². The lowest BCUT2D eigenvalue weighted by Crippen LogP contribution is -2.30. The van der Waals surface area contributed by atoms with Gasteiger partial charge in [-0.2, -0.15) is 0 Å². The van der Waals surface area contributed by atoms with Crippen LogP contribution in [0, 0.1) is 0 Å². The number of carbonyl (C=O) groups excluding carboxylic acids is 3. The summed E-state index contributed by atoms with van der Waals surface area (Å²) >= 11 is 0. The van der Waals surface area contributed by atoms with Crippen LogP contribution in [0.4, 0.5) is 0 Å². The molecular formula is C83H136O16P2. The Balaban J connectivity index is 4.56. The molecule has 16 nitrogen and oxygen atoms in total. The van der Waals surface area contributed by atoms with Gasteiger partial charge in [0.15, 0.2) is 6.10 Å². The summed E-state index contributed by atoms with van der Waals surface area (Å²) in [6, 6.07) is 0. The summed E-state index contributed by atoms with van der Waals surface area (Å²) in [6.07, 6.45) is 94.2. The lowest BCUT2D eigenvalue weighted by molar-refractivity contribution is -0.161. The Morgan fingerprint density at radius 1 is 0.287 bits per heavy atom. The van der Waals surface area contributed by atoms with Crippen molar-refractivity contribution in [3.8, 4) is 0 Å². The third kappa shape index (κ3) is 75.9. The summed E-state index contributed by atoms with van der Waals surface area (Å²) in [5.74, 6) is -1.70. The summed E-state index contributed by atoms with van der Waals surface area (Å²) in [4.78, 5) is 58.5. The lowest BCUT2D eigenvalue weighted by Gasteiger charge is -2.21. The van der Waals surface area contributed by atoms with Gasteiger partial charge in [0.25, 0.3) is 0 Å². The van der Waals surface area contributed by atoms with Gasteiger partial charge in [0.05, 0.1) is 26.4 Å². The quantitative estimate of drug-likeness (QED) is 0.0146. The molecule has 101 heavy (non-hydrogen) atoms. The minimum atomic E-state index is -4.95. The van der Waals surface area contributed by atoms with E-state index in [9.17, 15) is 43.5 Å². The number of phosphoric acid groups is 2. The van der Waals surface area contributed by atoms with Crippen LogP contribution >= 0.6 is 15.6 Å². The first-order valence-electron chi connectivity index (χ1n) is 38.4. The van der Waals surface area contributed by atoms with Gasteiger partial charge in [-0.25, -0.2) is 9.13 Å². The van der Waals surface area contributed by atoms with E-state index in [-0.39, 0.29) is 19.3 Å². The van der Waals surface area contributed by atoms with Crippen molar-refractivity contribution >= 4 is 33.6 Å². The molecule has 5 atom stereocenters. The Morgan fingerprint density at radius 2 is 0.545 bits per heavy atom. The number of hydrogen-bond acceptors (Lipinski definition) is 14. The second-order valence-corrected chi connectivity index (χ2v) is 27.9. The van der Waals surface area contributed by atoms with Gasteiger partial charge < -0.3 is 34.2 Å². The van der Waals surface area contributed by atoms with Crippen molar-refractivity contribution in [2.24, 2.45) is 0 Å². The van der Waals surface area contributed by atoms with Crippen molar-refractivity contribution in [1.82, 2.24) is 0 Å². The van der Waals surface area contributed by atoms with Crippen molar-refractivity contribution < 1.29 is 75.8 Å². The second-order valence-electron chi connectivity index (χ2n) is 25.0. The van der Waals surface area contributed by atoms with E-state index in [0.29, 0.717) is 25.7 Å². The molecule has 0 spiro atoms. The molecule has 0 aliphatic carbocycles. The molecule has 0 radical (unpaired) electrons. The lowest BCUT2D eigenvalue weighted by atomic mass is 10.0. The molecule has 0 aliphatic heterocycles. The van der Waals surface area contributed by atoms with Crippen LogP contribution in [0.25, 0.3) is 0 Å². The van der Waals surface area contributed by atoms with Crippen LogP contribution in [0.1, 0.15) is 278 Å². The highest BCUT2D eigenvalue weighted by Gasteiger charge is 2.29. The average Bonchev–Trinajstić information content (AvgIpc) is 0.980. The molecule has 0 fully saturated rings. The molecule has 18 heteroatoms. The molecule has 0 rings (SSSR count). The molecule has 574 valence electrons. The number of allylic oxidation sites excluding steroid dienone is 28. The van der Waals surface area contributed by atoms with Gasteiger partial charge >= 0.3 is 33.6 Å². The fourth-order valence-corrected chi connectivity index (χ4v) is 11.2. The van der Waals surface area contributed by atoms with Crippen molar-refractivity contribution in [2.75, 3.05) is 39.6 Å². The molecule has 0 aromatic rings. The maximum atomic E-state index is 12.9. The second kappa shape index (κ2) is 74.6. The third-order valence-corrected chi connectivity index (χ3v) is 17.3. The highest BCUT2D eigenvalue weighted by atomic mass is 31.2. The van der Waals surface area contributed by atoms with E-state index in [4.69, 9.17) is 32.3 Å². The fourth-order valence-electron chi connectivity index (χ4n) is 9.63. The van der Waals surface area contributed by atoms with Crippen LogP contribution in [-0.2, 0) is 55.8 Å². The third-order valence-electron chi connectivity index (χ3n) is 15.4. The van der Waals surface area contributed by atoms with E-state index in [2.05, 4.69) is 173 Å². The van der Waals surface area contributed by atoms with Gasteiger partial charge in [-0.05, 0) is 141 Å². The van der Waals surface area contributed by atoms with Gasteiger partial charge in [0.1, 0.15) is 25.4 Å². The van der Waals surface area contributed by atoms with Crippen LogP contribution in [0.2, 0.25) is 0 Å². The Labute approximate surface area is 612 Å². The molecule has 0 aromatic carbocycles. The van der Waals surface area contributed by atoms with Crippen molar-refractivity contribution in [3.63, 3.8) is 0 Å². The topological polar surface area (TPSA) is 231 Å². The Hall–Kier alpha value is -5.09. The van der Waals surface area contributed by atoms with Gasteiger partial charge in [-0.15, -0.1) is 0 Å². The first-order valence-corrected chi connectivity index (χ1v) is 41.4. The molecule has 0 saturated carbocycles. The molecule has 0 aromatic heterocycles. The zero-order valence-corrected chi connectivity index (χ0v) is 64.3. The maximum Gasteiger partial charge on any atom is 0.472 e. The number of carbonyl (C=O) groups is 3. The monoisotopic (exact) mass is 1450 g/mol. The minimum Gasteiger partial charge on any atom is -0.463 e. The van der Waals surface area contributed by atoms with E-state index in [1.165, 1.54) is 70.6 Å². The van der Waals surface area contributed by atoms with E-state index in [1.807, 2.05) is 18.2 Å². The molecule has 0 amide bonds. The minimum absolute atomic E-state index is 0.0371. The molecule has 0 saturated heterocycles. The predicted molar refractivity (Wildman–Crippen MR) is 417 cm³/mol. The first kappa shape index (κ1) is 95.9. The van der Waals surface area contributed by atoms with E-state index >= 15 is 0 Å². The Kier molecular flexibility index (Phi) is 70.9. The van der Waals surface area contributed by atoms with Gasteiger partial charge in [0.2, 0.25) is 0 Å². The highest BCUT2D eigenvalue weighted by Crippen LogP contribution is 2.45. The Bertz CT molecular complexity index is 2520. The molecule has 5 unspecified atom stereocenters. The highest BCUT2D eigenvalue weighted by molar-refractivity contribution is 7.47. The number of hydrogen-bond donors (Lipinski definition) is 4. The molecule has 0 aliphatic rings. The SMILES string of the molecule is CC/C=C\C/C=C\C/C=C\C/C=C\C/C=C\C/C=C\CCCCCCCCCCCCCCC(=O)OCC(O)COP(=O)(O)OCC(O)COP(=O)(O)OCC(COC(=O)CC/C=C\C/C=C\C/C=C\C/C=C\C/C=C\C/C=C\CC)OC(=O)CCCCCCC/C=C\C/C=C\CCCCC. The van der Waals surface area contributed by atoms with Gasteiger partial charge in [-0.1, -0.05) is 287 Å². The first-order chi connectivity index (χ1) is 49.2. The van der Waals surface area contributed by atoms with Crippen molar-refractivity contribution in [3.05, 3.63) is 170 Å². The number of esters is 3. The average molecular weight is 1450 g/mol. The summed E-state index contributed by atoms with van der Waals surface area (Å²) in [7, 11) is -9.82. The van der Waals surface area contributed by atoms with Crippen LogP contribution in [0.5, 0.6) is 0 Å². The summed E-state index contributed by atoms with van der Waals surface area (Å²) < 4.78 is 61.0. The number of aliphatic hydroxyl groups is 2. The Morgan fingerprint density at radius 3 is 0.891 bits per heavy atom. The summed E-state index contributed by atoms with van der Waals surface area (Å²) in [5.41, 5.74) is 0. The standard InChI is InChI=1S/C83H136O16P2/c1-4-7-10-13-16-19-22-25-28-30-32-33-34-35-36-37-38-39-40-41-42-43-45-47-49-51-54-57-60-63-66-69-81(86)93-72-78(84)73-95-100(89,90)96-74-79(85)75-97-101(91,92)98-77-80(99-83(88)71-68-65-62-59-56-53-48-27-24-21-18-15-12-9-6-3)76-94-82(87)70-67-64-61-58-55-52-50-46-44-31-29-26-23-20-17-14-11-8-5-2/h7-8,10-11,16-21,25-29,32-33,35-36,38-39,44,46,48,52,55,61,64,78-80,84-85H,4-6,9,12-15,22-24,30-31,34,37,40-43,45,47,49-51,53-54,56-60,62-63,65-77H2,1-3H3,(H,89,90)(H,91,92)/b10-7-,11-8-,19-16-,20-17-,21-18-,28-25-,29-26-,33-32-,36-35-,39-38-,46-44-,48-27-,55-52-,64-61-. The molecule has 0 heterocycles. The van der Waals surface area contributed by atoms with Crippen LogP contribution in [0.15, 0.2) is 170 Å². The number of ether oxygens (including phenoxy) is 3. The number of unbranched alkanes of at least 4 members (excludes halogenated alkanes) is 20. The van der Waals surface area contributed by atoms with Crippen LogP contribution in [0.3, 0.4) is 0 Å². The van der Waals surface area contributed by atoms with Gasteiger partial charge in [-0.3, -0.25) is 32.5 Å². The molecule has 0 bridgehead atoms. The number of phosphoric ester groups is 2. The smallest absolute Gasteiger partial charge is 0.463 e. The molecular weight excluding hydrogens is 1310 g/mol. The number of aliphatic hydroxyl groups excluding tert-OH is 2. The van der Waals surface area contributed by atoms with E-state index in [0.717, 1.165) is 141 Å². The number of rotatable bonds is 71. The predicted octanol–water partition coefficient (Wildman–Crippen LogP) is 22.4. The normalized spacial score (nSPS) is 15.0. The zero-order chi connectivity index (χ0) is 73.7. The van der Waals surface area contributed by atoms with E-state index in [1.54, 1.807) is 0 Å². The van der Waals surface area contributed by atoms with Gasteiger partial charge in [0, 0.05) is 19.3 Å². The zero-order valence-electron chi connectivity index (χ0n) is 62.5. The summed E-state index contributed by atoms with van der Waals surface area (Å²) in [6.45, 7) is 2.30. The van der Waals surface area contributed by atoms with Crippen LogP contribution < -0.4 is 0 Å². The van der Waals surface area contributed by atoms with Crippen molar-refractivity contribution in [1.29, 1.82) is 0 Å². The van der Waals surface area contributed by atoms with E-state index < -0.39 is 91.5 Å². The summed E-state index contributed by atoms with van der Waals surface area (Å²) in [5, 5.41) is 20.6. The maximum absolute atomic E-state index is 12.9. The van der Waals surface area contributed by atoms with Crippen LogP contribution in [-0.4, -0.2) is 95.9 Å². The fraction of sp³-hybridized carbons (Fsp3) is 0.627.